The third kappa shape index (κ3) is 3.13. The van der Waals surface area contributed by atoms with Crippen LogP contribution in [0.4, 0.5) is 5.13 Å². The first-order valence-corrected chi connectivity index (χ1v) is 7.65. The number of furan rings is 1. The molecule has 2 aromatic rings. The summed E-state index contributed by atoms with van der Waals surface area (Å²) >= 11 is 1.38. The predicted octanol–water partition coefficient (Wildman–Crippen LogP) is 2.23. The van der Waals surface area contributed by atoms with E-state index < -0.39 is 0 Å². The molecule has 0 spiro atoms. The summed E-state index contributed by atoms with van der Waals surface area (Å²) < 4.78 is 5.13. The van der Waals surface area contributed by atoms with Crippen molar-refractivity contribution in [3.63, 3.8) is 0 Å². The number of rotatable bonds is 3. The molecule has 0 radical (unpaired) electrons. The molecule has 1 unspecified atom stereocenters. The summed E-state index contributed by atoms with van der Waals surface area (Å²) in [5.41, 5.74) is 0. The van der Waals surface area contributed by atoms with E-state index in [0.717, 1.165) is 12.8 Å². The van der Waals surface area contributed by atoms with E-state index in [1.807, 2.05) is 5.38 Å². The Kier molecular flexibility index (Phi) is 4.01. The van der Waals surface area contributed by atoms with Crippen LogP contribution in [-0.2, 0) is 4.79 Å². The van der Waals surface area contributed by atoms with Gasteiger partial charge < -0.3 is 14.6 Å². The predicted molar refractivity (Wildman–Crippen MR) is 78.1 cm³/mol. The van der Waals surface area contributed by atoms with E-state index in [-0.39, 0.29) is 17.7 Å². The molecule has 2 aromatic heterocycles. The minimum absolute atomic E-state index is 0.0816. The van der Waals surface area contributed by atoms with Crippen LogP contribution in [0.5, 0.6) is 0 Å². The van der Waals surface area contributed by atoms with Crippen LogP contribution in [0.15, 0.2) is 34.4 Å². The molecule has 2 amide bonds. The van der Waals surface area contributed by atoms with E-state index in [0.29, 0.717) is 24.0 Å². The Labute approximate surface area is 125 Å². The van der Waals surface area contributed by atoms with Crippen LogP contribution < -0.4 is 5.32 Å². The molecule has 7 heteroatoms. The lowest BCUT2D eigenvalue weighted by Gasteiger charge is -2.31. The van der Waals surface area contributed by atoms with Gasteiger partial charge in [-0.3, -0.25) is 9.59 Å². The van der Waals surface area contributed by atoms with Gasteiger partial charge in [-0.2, -0.15) is 0 Å². The van der Waals surface area contributed by atoms with Gasteiger partial charge in [0.15, 0.2) is 10.9 Å². The van der Waals surface area contributed by atoms with Crippen LogP contribution in [0.2, 0.25) is 0 Å². The molecule has 3 rings (SSSR count). The molecule has 3 heterocycles. The molecule has 0 aromatic carbocycles. The molecule has 1 N–H and O–H groups in total. The zero-order chi connectivity index (χ0) is 14.7. The van der Waals surface area contributed by atoms with Crippen molar-refractivity contribution in [3.05, 3.63) is 35.7 Å². The number of carbonyl (C=O) groups excluding carboxylic acids is 2. The van der Waals surface area contributed by atoms with Crippen LogP contribution in [0, 0.1) is 5.92 Å². The molecular formula is C14H15N3O3S. The molecule has 21 heavy (non-hydrogen) atoms. The second kappa shape index (κ2) is 6.09. The maximum absolute atomic E-state index is 12.2. The van der Waals surface area contributed by atoms with Crippen molar-refractivity contribution in [1.82, 2.24) is 9.88 Å². The monoisotopic (exact) mass is 305 g/mol. The highest BCUT2D eigenvalue weighted by Gasteiger charge is 2.30. The minimum atomic E-state index is -0.207. The van der Waals surface area contributed by atoms with Crippen molar-refractivity contribution in [2.75, 3.05) is 18.4 Å². The van der Waals surface area contributed by atoms with Gasteiger partial charge in [0, 0.05) is 24.7 Å². The van der Waals surface area contributed by atoms with Gasteiger partial charge in [-0.05, 0) is 25.0 Å². The molecule has 6 nitrogen and oxygen atoms in total. The second-order valence-corrected chi connectivity index (χ2v) is 5.79. The van der Waals surface area contributed by atoms with Crippen molar-refractivity contribution < 1.29 is 14.0 Å². The Morgan fingerprint density at radius 3 is 3.10 bits per heavy atom. The minimum Gasteiger partial charge on any atom is -0.459 e. The molecule has 1 aliphatic heterocycles. The normalized spacial score (nSPS) is 18.5. The summed E-state index contributed by atoms with van der Waals surface area (Å²) in [6.45, 7) is 1.07. The Hall–Kier alpha value is -2.15. The number of nitrogens with one attached hydrogen (secondary N) is 1. The van der Waals surface area contributed by atoms with Gasteiger partial charge in [-0.1, -0.05) is 0 Å². The lowest BCUT2D eigenvalue weighted by molar-refractivity contribution is -0.121. The quantitative estimate of drug-likeness (QED) is 0.943. The molecule has 1 saturated heterocycles. The highest BCUT2D eigenvalue weighted by atomic mass is 32.1. The number of carbonyl (C=O) groups is 2. The zero-order valence-electron chi connectivity index (χ0n) is 11.3. The van der Waals surface area contributed by atoms with E-state index in [9.17, 15) is 9.59 Å². The molecule has 110 valence electrons. The number of hydrogen-bond acceptors (Lipinski definition) is 5. The topological polar surface area (TPSA) is 75.4 Å². The lowest BCUT2D eigenvalue weighted by atomic mass is 9.97. The van der Waals surface area contributed by atoms with Gasteiger partial charge in [-0.25, -0.2) is 4.98 Å². The van der Waals surface area contributed by atoms with E-state index in [2.05, 4.69) is 10.3 Å². The number of aromatic nitrogens is 1. The summed E-state index contributed by atoms with van der Waals surface area (Å²) in [5, 5.41) is 5.19. The molecule has 0 bridgehead atoms. The molecular weight excluding hydrogens is 290 g/mol. The van der Waals surface area contributed by atoms with Gasteiger partial charge in [-0.15, -0.1) is 11.3 Å². The standard InChI is InChI=1S/C14H15N3O3S/c18-12(16-14-15-5-8-21-14)10-3-1-6-17(9-10)13(19)11-4-2-7-20-11/h2,4-5,7-8,10H,1,3,6,9H2,(H,15,16,18). The Morgan fingerprint density at radius 1 is 1.48 bits per heavy atom. The van der Waals surface area contributed by atoms with E-state index in [1.54, 1.807) is 23.2 Å². The maximum atomic E-state index is 12.2. The fraction of sp³-hybridized carbons (Fsp3) is 0.357. The van der Waals surface area contributed by atoms with Crippen LogP contribution in [-0.4, -0.2) is 34.8 Å². The molecule has 0 aliphatic carbocycles. The number of likely N-dealkylation sites (tertiary alicyclic amines) is 1. The maximum Gasteiger partial charge on any atom is 0.289 e. The fourth-order valence-corrected chi connectivity index (χ4v) is 2.96. The molecule has 1 fully saturated rings. The largest absolute Gasteiger partial charge is 0.459 e. The Balaban J connectivity index is 1.63. The highest BCUT2D eigenvalue weighted by Crippen LogP contribution is 2.21. The second-order valence-electron chi connectivity index (χ2n) is 4.89. The van der Waals surface area contributed by atoms with Crippen LogP contribution in [0.1, 0.15) is 23.4 Å². The van der Waals surface area contributed by atoms with E-state index in [1.165, 1.54) is 17.6 Å². The van der Waals surface area contributed by atoms with Crippen LogP contribution in [0.25, 0.3) is 0 Å². The van der Waals surface area contributed by atoms with Crippen molar-refractivity contribution in [3.8, 4) is 0 Å². The fourth-order valence-electron chi connectivity index (χ4n) is 2.42. The summed E-state index contributed by atoms with van der Waals surface area (Å²) in [5.74, 6) is -0.133. The lowest BCUT2D eigenvalue weighted by Crippen LogP contribution is -2.43. The number of hydrogen-bond donors (Lipinski definition) is 1. The van der Waals surface area contributed by atoms with Crippen LogP contribution in [0.3, 0.4) is 0 Å². The van der Waals surface area contributed by atoms with Crippen molar-refractivity contribution in [2.45, 2.75) is 12.8 Å². The molecule has 1 atom stereocenters. The first-order valence-electron chi connectivity index (χ1n) is 6.77. The Bertz CT molecular complexity index is 609. The number of anilines is 1. The Morgan fingerprint density at radius 2 is 2.38 bits per heavy atom. The van der Waals surface area contributed by atoms with Gasteiger partial charge >= 0.3 is 0 Å². The highest BCUT2D eigenvalue weighted by molar-refractivity contribution is 7.13. The number of thiazole rings is 1. The number of piperidine rings is 1. The van der Waals surface area contributed by atoms with Crippen LogP contribution >= 0.6 is 11.3 Å². The third-order valence-electron chi connectivity index (χ3n) is 3.47. The summed E-state index contributed by atoms with van der Waals surface area (Å²) in [4.78, 5) is 30.2. The van der Waals surface area contributed by atoms with E-state index in [4.69, 9.17) is 4.42 Å². The zero-order valence-corrected chi connectivity index (χ0v) is 12.1. The molecule has 0 saturated carbocycles. The SMILES string of the molecule is O=C(Nc1nccs1)C1CCCN(C(=O)c2ccco2)C1. The van der Waals surface area contributed by atoms with Gasteiger partial charge in [0.2, 0.25) is 5.91 Å². The molecule has 1 aliphatic rings. The first kappa shape index (κ1) is 13.8. The van der Waals surface area contributed by atoms with Crippen molar-refractivity contribution in [1.29, 1.82) is 0 Å². The summed E-state index contributed by atoms with van der Waals surface area (Å²) in [6, 6.07) is 3.32. The van der Waals surface area contributed by atoms with E-state index >= 15 is 0 Å². The average molecular weight is 305 g/mol. The van der Waals surface area contributed by atoms with Crippen molar-refractivity contribution >= 4 is 28.3 Å². The van der Waals surface area contributed by atoms with Gasteiger partial charge in [0.1, 0.15) is 0 Å². The average Bonchev–Trinajstić information content (AvgIpc) is 3.20. The first-order chi connectivity index (χ1) is 10.2. The number of amides is 2. The van der Waals surface area contributed by atoms with Gasteiger partial charge in [0.05, 0.1) is 12.2 Å². The number of nitrogens with zero attached hydrogens (tertiary/aromatic N) is 2. The summed E-state index contributed by atoms with van der Waals surface area (Å²) in [6.07, 6.45) is 4.71. The van der Waals surface area contributed by atoms with Gasteiger partial charge in [0.25, 0.3) is 5.91 Å². The summed E-state index contributed by atoms with van der Waals surface area (Å²) in [7, 11) is 0. The van der Waals surface area contributed by atoms with Crippen molar-refractivity contribution in [2.24, 2.45) is 5.92 Å². The smallest absolute Gasteiger partial charge is 0.289 e. The third-order valence-corrected chi connectivity index (χ3v) is 4.16.